The number of benzene rings is 1. The van der Waals surface area contributed by atoms with Crippen molar-refractivity contribution >= 4 is 5.69 Å². The number of para-hydroxylation sites is 2. The van der Waals surface area contributed by atoms with E-state index in [2.05, 4.69) is 0 Å². The van der Waals surface area contributed by atoms with Crippen LogP contribution in [0.2, 0.25) is 0 Å². The van der Waals surface area contributed by atoms with Crippen LogP contribution in [-0.2, 0) is 0 Å². The fourth-order valence-electron chi connectivity index (χ4n) is 1.83. The molecular weight excluding hydrogens is 219 g/mol. The van der Waals surface area contributed by atoms with Gasteiger partial charge in [0, 0.05) is 6.54 Å². The molecule has 2 nitrogen and oxygen atoms in total. The van der Waals surface area contributed by atoms with Crippen LogP contribution in [0.15, 0.2) is 24.3 Å². The zero-order valence-electron chi connectivity index (χ0n) is 8.79. The van der Waals surface area contributed by atoms with Crippen LogP contribution in [0.5, 0.6) is 5.75 Å². The number of hydrogen-bond acceptors (Lipinski definition) is 2. The number of hydrogen-bond donors (Lipinski definition) is 0. The molecule has 5 heteroatoms. The molecule has 1 atom stereocenters. The number of anilines is 1. The topological polar surface area (TPSA) is 12.5 Å². The summed E-state index contributed by atoms with van der Waals surface area (Å²) < 4.78 is 43.1. The molecule has 0 N–H and O–H groups in total. The Morgan fingerprint density at radius 3 is 2.62 bits per heavy atom. The van der Waals surface area contributed by atoms with Crippen LogP contribution in [0.3, 0.4) is 0 Å². The highest BCUT2D eigenvalue weighted by Gasteiger charge is 2.49. The third-order valence-corrected chi connectivity index (χ3v) is 2.44. The third-order valence-electron chi connectivity index (χ3n) is 2.44. The maximum Gasteiger partial charge on any atom is 0.445 e. The zero-order chi connectivity index (χ0) is 11.8. The van der Waals surface area contributed by atoms with Gasteiger partial charge in [0.1, 0.15) is 5.75 Å². The molecule has 1 aliphatic heterocycles. The largest absolute Gasteiger partial charge is 0.459 e. The van der Waals surface area contributed by atoms with E-state index in [-0.39, 0.29) is 0 Å². The lowest BCUT2D eigenvalue weighted by atomic mass is 10.2. The summed E-state index contributed by atoms with van der Waals surface area (Å²) in [5, 5.41) is 0. The Hall–Kier alpha value is -1.39. The first kappa shape index (κ1) is 11.1. The molecule has 88 valence electrons. The van der Waals surface area contributed by atoms with Crippen molar-refractivity contribution in [3.05, 3.63) is 24.3 Å². The second kappa shape index (κ2) is 3.88. The van der Waals surface area contributed by atoms with E-state index >= 15 is 0 Å². The molecular formula is C11H12F3NO. The molecule has 16 heavy (non-hydrogen) atoms. The number of alkyl halides is 3. The summed E-state index contributed by atoms with van der Waals surface area (Å²) in [5.41, 5.74) is 0.520. The number of rotatable bonds is 2. The number of nitrogens with zero attached hydrogens (tertiary/aromatic N) is 1. The molecule has 0 fully saturated rings. The maximum absolute atomic E-state index is 12.7. The van der Waals surface area contributed by atoms with Gasteiger partial charge in [0.25, 0.3) is 6.23 Å². The average Bonchev–Trinajstić information content (AvgIpc) is 2.58. The summed E-state index contributed by atoms with van der Waals surface area (Å²) in [6.45, 7) is 2.18. The molecule has 0 bridgehead atoms. The van der Waals surface area contributed by atoms with Crippen LogP contribution in [-0.4, -0.2) is 18.9 Å². The van der Waals surface area contributed by atoms with Crippen LogP contribution in [0, 0.1) is 0 Å². The van der Waals surface area contributed by atoms with Gasteiger partial charge < -0.3 is 9.64 Å². The minimum atomic E-state index is -4.37. The van der Waals surface area contributed by atoms with E-state index in [1.807, 2.05) is 6.92 Å². The highest BCUT2D eigenvalue weighted by atomic mass is 19.4. The minimum Gasteiger partial charge on any atom is -0.459 e. The zero-order valence-corrected chi connectivity index (χ0v) is 8.79. The molecule has 0 amide bonds. The van der Waals surface area contributed by atoms with E-state index in [1.54, 1.807) is 24.3 Å². The lowest BCUT2D eigenvalue weighted by molar-refractivity contribution is -0.190. The van der Waals surface area contributed by atoms with E-state index in [0.29, 0.717) is 24.4 Å². The lowest BCUT2D eigenvalue weighted by Gasteiger charge is -2.26. The Morgan fingerprint density at radius 2 is 2.00 bits per heavy atom. The van der Waals surface area contributed by atoms with Gasteiger partial charge >= 0.3 is 6.18 Å². The van der Waals surface area contributed by atoms with Crippen molar-refractivity contribution in [3.63, 3.8) is 0 Å². The van der Waals surface area contributed by atoms with Crippen molar-refractivity contribution in [1.82, 2.24) is 0 Å². The molecule has 0 saturated heterocycles. The van der Waals surface area contributed by atoms with Crippen molar-refractivity contribution in [2.75, 3.05) is 11.4 Å². The molecule has 1 aromatic rings. The van der Waals surface area contributed by atoms with Gasteiger partial charge in [-0.25, -0.2) is 0 Å². The van der Waals surface area contributed by atoms with Crippen molar-refractivity contribution in [3.8, 4) is 5.75 Å². The molecule has 0 radical (unpaired) electrons. The summed E-state index contributed by atoms with van der Waals surface area (Å²) >= 11 is 0. The van der Waals surface area contributed by atoms with E-state index < -0.39 is 12.4 Å². The van der Waals surface area contributed by atoms with E-state index in [1.165, 1.54) is 4.90 Å². The van der Waals surface area contributed by atoms with Gasteiger partial charge in [0.05, 0.1) is 5.69 Å². The first-order valence-electron chi connectivity index (χ1n) is 5.13. The molecule has 1 unspecified atom stereocenters. The normalized spacial score (nSPS) is 19.5. The van der Waals surface area contributed by atoms with Crippen LogP contribution in [0.1, 0.15) is 13.3 Å². The van der Waals surface area contributed by atoms with Crippen molar-refractivity contribution in [2.24, 2.45) is 0 Å². The van der Waals surface area contributed by atoms with Gasteiger partial charge in [-0.2, -0.15) is 13.2 Å². The van der Waals surface area contributed by atoms with E-state index in [4.69, 9.17) is 4.74 Å². The first-order chi connectivity index (χ1) is 7.54. The summed E-state index contributed by atoms with van der Waals surface area (Å²) in [6.07, 6.45) is -5.57. The molecule has 0 saturated carbocycles. The standard InChI is InChI=1S/C11H12F3NO/c1-2-7-15-8-5-3-4-6-9(8)16-10(15)11(12,13)14/h3-6,10H,2,7H2,1H3. The Kier molecular flexibility index (Phi) is 2.69. The smallest absolute Gasteiger partial charge is 0.445 e. The predicted molar refractivity (Wildman–Crippen MR) is 54.6 cm³/mol. The lowest BCUT2D eigenvalue weighted by Crippen LogP contribution is -2.46. The quantitative estimate of drug-likeness (QED) is 0.775. The third kappa shape index (κ3) is 1.81. The Balaban J connectivity index is 2.33. The van der Waals surface area contributed by atoms with Gasteiger partial charge in [0.15, 0.2) is 0 Å². The maximum atomic E-state index is 12.7. The summed E-state index contributed by atoms with van der Waals surface area (Å²) in [4.78, 5) is 1.26. The van der Waals surface area contributed by atoms with E-state index in [0.717, 1.165) is 0 Å². The summed E-state index contributed by atoms with van der Waals surface area (Å²) in [5.74, 6) is 0.304. The second-order valence-electron chi connectivity index (χ2n) is 3.67. The number of halogens is 3. The van der Waals surface area contributed by atoms with Crippen LogP contribution < -0.4 is 9.64 Å². The fraction of sp³-hybridized carbons (Fsp3) is 0.455. The average molecular weight is 231 g/mol. The van der Waals surface area contributed by atoms with Crippen LogP contribution >= 0.6 is 0 Å². The molecule has 0 spiro atoms. The van der Waals surface area contributed by atoms with Crippen LogP contribution in [0.25, 0.3) is 0 Å². The molecule has 0 aromatic heterocycles. The fourth-order valence-corrected chi connectivity index (χ4v) is 1.83. The first-order valence-corrected chi connectivity index (χ1v) is 5.13. The highest BCUT2D eigenvalue weighted by molar-refractivity contribution is 5.62. The number of fused-ring (bicyclic) bond motifs is 1. The minimum absolute atomic E-state index is 0.304. The molecule has 0 aliphatic carbocycles. The Labute approximate surface area is 91.6 Å². The summed E-state index contributed by atoms with van der Waals surface area (Å²) in [7, 11) is 0. The molecule has 1 aliphatic rings. The van der Waals surface area contributed by atoms with Gasteiger partial charge in [-0.1, -0.05) is 19.1 Å². The van der Waals surface area contributed by atoms with E-state index in [9.17, 15) is 13.2 Å². The van der Waals surface area contributed by atoms with Crippen molar-refractivity contribution in [1.29, 1.82) is 0 Å². The second-order valence-corrected chi connectivity index (χ2v) is 3.67. The van der Waals surface area contributed by atoms with Crippen molar-refractivity contribution in [2.45, 2.75) is 25.7 Å². The molecule has 2 rings (SSSR count). The summed E-state index contributed by atoms with van der Waals surface area (Å²) in [6, 6.07) is 6.59. The molecule has 1 aromatic carbocycles. The Morgan fingerprint density at radius 1 is 1.31 bits per heavy atom. The van der Waals surface area contributed by atoms with Gasteiger partial charge in [0.2, 0.25) is 0 Å². The monoisotopic (exact) mass is 231 g/mol. The van der Waals surface area contributed by atoms with Gasteiger partial charge in [-0.15, -0.1) is 0 Å². The number of ether oxygens (including phenoxy) is 1. The highest BCUT2D eigenvalue weighted by Crippen LogP contribution is 2.42. The Bertz CT molecular complexity index is 378. The predicted octanol–water partition coefficient (Wildman–Crippen LogP) is 3.18. The van der Waals surface area contributed by atoms with Crippen molar-refractivity contribution < 1.29 is 17.9 Å². The van der Waals surface area contributed by atoms with Crippen LogP contribution in [0.4, 0.5) is 18.9 Å². The SMILES string of the molecule is CCCN1c2ccccc2OC1C(F)(F)F. The van der Waals surface area contributed by atoms with Gasteiger partial charge in [-0.3, -0.25) is 0 Å². The van der Waals surface area contributed by atoms with Gasteiger partial charge in [-0.05, 0) is 18.6 Å². The molecule has 1 heterocycles.